The third-order valence-corrected chi connectivity index (χ3v) is 4.97. The Bertz CT molecular complexity index is 207. The third kappa shape index (κ3) is 0.736. The molecule has 3 atom stereocenters. The fourth-order valence-electron chi connectivity index (χ4n) is 3.79. The van der Waals surface area contributed by atoms with Gasteiger partial charge in [-0.2, -0.15) is 0 Å². The van der Waals surface area contributed by atoms with E-state index in [4.69, 9.17) is 0 Å². The van der Waals surface area contributed by atoms with E-state index in [1.165, 1.54) is 13.0 Å². The Morgan fingerprint density at radius 3 is 2.67 bits per heavy atom. The predicted octanol–water partition coefficient (Wildman–Crippen LogP) is 2.13. The van der Waals surface area contributed by atoms with Crippen molar-refractivity contribution in [2.24, 2.45) is 17.3 Å². The molecule has 68 valence electrons. The fraction of sp³-hybridized carbons (Fsp3) is 1.00. The van der Waals surface area contributed by atoms with E-state index in [9.17, 15) is 0 Å². The lowest BCUT2D eigenvalue weighted by Gasteiger charge is -2.18. The largest absolute Gasteiger partial charge is 0.303 e. The van der Waals surface area contributed by atoms with Gasteiger partial charge in [0.2, 0.25) is 0 Å². The second kappa shape index (κ2) is 2.06. The van der Waals surface area contributed by atoms with Crippen molar-refractivity contribution in [2.45, 2.75) is 38.6 Å². The second-order valence-electron chi connectivity index (χ2n) is 5.35. The monoisotopic (exact) mass is 165 g/mol. The van der Waals surface area contributed by atoms with Crippen molar-refractivity contribution < 1.29 is 0 Å². The van der Waals surface area contributed by atoms with E-state index in [-0.39, 0.29) is 0 Å². The molecule has 0 N–H and O–H groups in total. The predicted molar refractivity (Wildman–Crippen MR) is 50.0 cm³/mol. The van der Waals surface area contributed by atoms with Crippen LogP contribution >= 0.6 is 0 Å². The summed E-state index contributed by atoms with van der Waals surface area (Å²) >= 11 is 0. The number of fused-ring (bicyclic) bond motifs is 2. The lowest BCUT2D eigenvalue weighted by Crippen LogP contribution is -2.25. The zero-order valence-electron chi connectivity index (χ0n) is 8.21. The van der Waals surface area contributed by atoms with Crippen molar-refractivity contribution in [1.82, 2.24) is 4.90 Å². The van der Waals surface area contributed by atoms with Gasteiger partial charge in [0.1, 0.15) is 0 Å². The van der Waals surface area contributed by atoms with Crippen LogP contribution in [0.5, 0.6) is 0 Å². The van der Waals surface area contributed by atoms with Crippen LogP contribution < -0.4 is 0 Å². The molecule has 0 unspecified atom stereocenters. The van der Waals surface area contributed by atoms with Crippen LogP contribution in [0.4, 0.5) is 0 Å². The molecule has 2 aliphatic carbocycles. The van der Waals surface area contributed by atoms with Gasteiger partial charge in [0.05, 0.1) is 0 Å². The van der Waals surface area contributed by atoms with Crippen LogP contribution in [0.2, 0.25) is 0 Å². The Morgan fingerprint density at radius 1 is 1.25 bits per heavy atom. The zero-order chi connectivity index (χ0) is 8.34. The molecule has 3 aliphatic rings. The third-order valence-electron chi connectivity index (χ3n) is 4.97. The highest BCUT2D eigenvalue weighted by molar-refractivity contribution is 5.10. The molecule has 1 nitrogen and oxygen atoms in total. The average molecular weight is 165 g/mol. The van der Waals surface area contributed by atoms with Crippen molar-refractivity contribution in [1.29, 1.82) is 0 Å². The fourth-order valence-corrected chi connectivity index (χ4v) is 3.79. The number of hydrogen-bond acceptors (Lipinski definition) is 1. The summed E-state index contributed by atoms with van der Waals surface area (Å²) < 4.78 is 0. The van der Waals surface area contributed by atoms with Gasteiger partial charge in [-0.25, -0.2) is 0 Å². The molecule has 1 spiro atoms. The topological polar surface area (TPSA) is 3.24 Å². The van der Waals surface area contributed by atoms with E-state index in [2.05, 4.69) is 18.9 Å². The molecule has 2 saturated carbocycles. The van der Waals surface area contributed by atoms with E-state index in [1.54, 1.807) is 19.3 Å². The molecule has 0 aromatic carbocycles. The maximum Gasteiger partial charge on any atom is 0.00956 e. The molecule has 0 radical (unpaired) electrons. The summed E-state index contributed by atoms with van der Waals surface area (Å²) in [6.45, 7) is 3.82. The van der Waals surface area contributed by atoms with Gasteiger partial charge in [-0.15, -0.1) is 0 Å². The first-order valence-corrected chi connectivity index (χ1v) is 5.43. The summed E-state index contributed by atoms with van der Waals surface area (Å²) in [5, 5.41) is 0. The molecular formula is C11H19N. The minimum absolute atomic E-state index is 0.865. The molecule has 3 rings (SSSR count). The van der Waals surface area contributed by atoms with E-state index in [0.717, 1.165) is 23.3 Å². The van der Waals surface area contributed by atoms with Crippen LogP contribution in [0.1, 0.15) is 32.6 Å². The highest BCUT2D eigenvalue weighted by Gasteiger charge is 2.59. The molecule has 0 aromatic heterocycles. The Hall–Kier alpha value is -0.0400. The maximum atomic E-state index is 2.58. The Labute approximate surface area is 75.1 Å². The van der Waals surface area contributed by atoms with Gasteiger partial charge in [-0.1, -0.05) is 0 Å². The quantitative estimate of drug-likeness (QED) is 0.531. The summed E-state index contributed by atoms with van der Waals surface area (Å²) in [4.78, 5) is 2.58. The molecule has 0 amide bonds. The first-order valence-electron chi connectivity index (χ1n) is 5.43. The van der Waals surface area contributed by atoms with Gasteiger partial charge in [-0.05, 0) is 56.9 Å². The lowest BCUT2D eigenvalue weighted by molar-refractivity contribution is 0.279. The standard InChI is InChI=1S/C11H19N/c1-8-9-3-4-11(5-6-11)10(9)7-12(8)2/h8-10H,3-7H2,1-2H3/t8-,9+,10-/m1/s1. The van der Waals surface area contributed by atoms with Gasteiger partial charge < -0.3 is 4.90 Å². The summed E-state index contributed by atoms with van der Waals surface area (Å²) in [6, 6.07) is 0.870. The summed E-state index contributed by atoms with van der Waals surface area (Å²) in [5.41, 5.74) is 0.865. The summed E-state index contributed by atoms with van der Waals surface area (Å²) in [5.74, 6) is 2.13. The molecule has 1 saturated heterocycles. The van der Waals surface area contributed by atoms with E-state index < -0.39 is 0 Å². The van der Waals surface area contributed by atoms with Gasteiger partial charge >= 0.3 is 0 Å². The number of likely N-dealkylation sites (tertiary alicyclic amines) is 1. The maximum absolute atomic E-state index is 2.58. The molecule has 0 bridgehead atoms. The highest BCUT2D eigenvalue weighted by atomic mass is 15.2. The number of hydrogen-bond donors (Lipinski definition) is 0. The minimum Gasteiger partial charge on any atom is -0.303 e. The van der Waals surface area contributed by atoms with Crippen molar-refractivity contribution in [3.63, 3.8) is 0 Å². The minimum atomic E-state index is 0.865. The molecule has 1 aliphatic heterocycles. The van der Waals surface area contributed by atoms with E-state index in [1.807, 2.05) is 0 Å². The van der Waals surface area contributed by atoms with Crippen LogP contribution in [-0.2, 0) is 0 Å². The molecule has 3 fully saturated rings. The van der Waals surface area contributed by atoms with Crippen LogP contribution in [0.25, 0.3) is 0 Å². The van der Waals surface area contributed by atoms with Gasteiger partial charge in [-0.3, -0.25) is 0 Å². The van der Waals surface area contributed by atoms with Gasteiger partial charge in [0, 0.05) is 12.6 Å². The Balaban J connectivity index is 1.88. The second-order valence-corrected chi connectivity index (χ2v) is 5.35. The van der Waals surface area contributed by atoms with Crippen molar-refractivity contribution >= 4 is 0 Å². The average Bonchev–Trinajstić information content (AvgIpc) is 2.67. The molecular weight excluding hydrogens is 146 g/mol. The Kier molecular flexibility index (Phi) is 1.27. The summed E-state index contributed by atoms with van der Waals surface area (Å²) in [6.07, 6.45) is 6.18. The van der Waals surface area contributed by atoms with Gasteiger partial charge in [0.25, 0.3) is 0 Å². The van der Waals surface area contributed by atoms with Crippen molar-refractivity contribution in [3.05, 3.63) is 0 Å². The lowest BCUT2D eigenvalue weighted by atomic mass is 9.88. The van der Waals surface area contributed by atoms with Crippen molar-refractivity contribution in [2.75, 3.05) is 13.6 Å². The molecule has 1 heteroatoms. The summed E-state index contributed by atoms with van der Waals surface area (Å²) in [7, 11) is 2.30. The van der Waals surface area contributed by atoms with E-state index >= 15 is 0 Å². The highest BCUT2D eigenvalue weighted by Crippen LogP contribution is 2.65. The first-order chi connectivity index (χ1) is 5.73. The zero-order valence-corrected chi connectivity index (χ0v) is 8.21. The van der Waals surface area contributed by atoms with Crippen LogP contribution in [0.15, 0.2) is 0 Å². The molecule has 1 heterocycles. The van der Waals surface area contributed by atoms with Gasteiger partial charge in [0.15, 0.2) is 0 Å². The van der Waals surface area contributed by atoms with Crippen LogP contribution in [-0.4, -0.2) is 24.5 Å². The number of nitrogens with zero attached hydrogens (tertiary/aromatic N) is 1. The molecule has 12 heavy (non-hydrogen) atoms. The Morgan fingerprint density at radius 2 is 2.00 bits per heavy atom. The van der Waals surface area contributed by atoms with E-state index in [0.29, 0.717) is 0 Å². The number of rotatable bonds is 0. The van der Waals surface area contributed by atoms with Crippen LogP contribution in [0.3, 0.4) is 0 Å². The van der Waals surface area contributed by atoms with Crippen molar-refractivity contribution in [3.8, 4) is 0 Å². The van der Waals surface area contributed by atoms with Crippen LogP contribution in [0, 0.1) is 17.3 Å². The normalized spacial score (nSPS) is 50.0. The molecule has 0 aromatic rings. The smallest absolute Gasteiger partial charge is 0.00956 e. The SMILES string of the molecule is C[C@@H]1[C@@H]2CCC3(CC3)[C@@H]2CN1C. The first kappa shape index (κ1) is 7.37.